The van der Waals surface area contributed by atoms with Crippen LogP contribution >= 0.6 is 0 Å². The van der Waals surface area contributed by atoms with Crippen LogP contribution in [0.4, 0.5) is 5.69 Å². The molecule has 0 heterocycles. The average molecular weight is 180 g/mol. The second-order valence-electron chi connectivity index (χ2n) is 2.20. The highest BCUT2D eigenvalue weighted by molar-refractivity contribution is 5.94. The van der Waals surface area contributed by atoms with E-state index < -0.39 is 0 Å². The number of rotatable bonds is 1. The van der Waals surface area contributed by atoms with Crippen LogP contribution < -0.4 is 11.1 Å². The van der Waals surface area contributed by atoms with Crippen LogP contribution in [0, 0.1) is 0 Å². The lowest BCUT2D eigenvalue weighted by atomic mass is 10.2. The molecule has 0 atom stereocenters. The molecule has 1 aromatic rings. The summed E-state index contributed by atoms with van der Waals surface area (Å²) >= 11 is 0. The first-order chi connectivity index (χ1) is 6.24. The molecule has 0 aliphatic rings. The van der Waals surface area contributed by atoms with E-state index in [1.807, 2.05) is 13.8 Å². The summed E-state index contributed by atoms with van der Waals surface area (Å²) in [5, 5.41) is 2.52. The van der Waals surface area contributed by atoms with E-state index in [0.29, 0.717) is 11.3 Å². The molecule has 0 unspecified atom stereocenters. The van der Waals surface area contributed by atoms with Gasteiger partial charge in [0, 0.05) is 18.3 Å². The lowest BCUT2D eigenvalue weighted by Crippen LogP contribution is -2.17. The predicted octanol–water partition coefficient (Wildman–Crippen LogP) is 1.65. The van der Waals surface area contributed by atoms with E-state index in [2.05, 4.69) is 5.32 Å². The van der Waals surface area contributed by atoms with Gasteiger partial charge in [-0.25, -0.2) is 0 Å². The van der Waals surface area contributed by atoms with Gasteiger partial charge in [-0.15, -0.1) is 0 Å². The first kappa shape index (κ1) is 11.5. The molecule has 0 bridgehead atoms. The third kappa shape index (κ3) is 3.60. The number of anilines is 1. The number of nitrogens with two attached hydrogens (primary N) is 1. The molecule has 0 saturated carbocycles. The van der Waals surface area contributed by atoms with Gasteiger partial charge < -0.3 is 11.1 Å². The number of nitrogen functional groups attached to an aromatic ring is 1. The summed E-state index contributed by atoms with van der Waals surface area (Å²) in [4.78, 5) is 11.0. The Morgan fingerprint density at radius 1 is 1.23 bits per heavy atom. The molecule has 0 saturated heterocycles. The van der Waals surface area contributed by atoms with Crippen molar-refractivity contribution in [3.63, 3.8) is 0 Å². The molecule has 1 amide bonds. The maximum Gasteiger partial charge on any atom is 0.251 e. The molecular weight excluding hydrogens is 164 g/mol. The fourth-order valence-corrected chi connectivity index (χ4v) is 0.779. The standard InChI is InChI=1S/C8H10N2O.C2H6/c1-10-8(11)6-2-4-7(9)5-3-6;1-2/h2-5H,9H2,1H3,(H,10,11);1-2H3. The van der Waals surface area contributed by atoms with Crippen LogP contribution in [0.3, 0.4) is 0 Å². The Morgan fingerprint density at radius 2 is 1.69 bits per heavy atom. The highest BCUT2D eigenvalue weighted by Gasteiger charge is 1.99. The topological polar surface area (TPSA) is 55.1 Å². The number of carbonyl (C=O) groups excluding carboxylic acids is 1. The number of nitrogens with one attached hydrogen (secondary N) is 1. The quantitative estimate of drug-likeness (QED) is 0.646. The van der Waals surface area contributed by atoms with Crippen LogP contribution in [0.15, 0.2) is 24.3 Å². The van der Waals surface area contributed by atoms with Gasteiger partial charge in [0.05, 0.1) is 0 Å². The molecule has 72 valence electrons. The first-order valence-electron chi connectivity index (χ1n) is 4.31. The monoisotopic (exact) mass is 180 g/mol. The van der Waals surface area contributed by atoms with Crippen molar-refractivity contribution < 1.29 is 4.79 Å². The third-order valence-electron chi connectivity index (χ3n) is 1.40. The van der Waals surface area contributed by atoms with Crippen molar-refractivity contribution in [2.24, 2.45) is 0 Å². The van der Waals surface area contributed by atoms with Crippen LogP contribution in [0.25, 0.3) is 0 Å². The van der Waals surface area contributed by atoms with Crippen LogP contribution in [0.1, 0.15) is 24.2 Å². The first-order valence-corrected chi connectivity index (χ1v) is 4.31. The average Bonchev–Trinajstić information content (AvgIpc) is 2.21. The Bertz CT molecular complexity index is 254. The summed E-state index contributed by atoms with van der Waals surface area (Å²) in [5.41, 5.74) is 6.73. The maximum absolute atomic E-state index is 11.0. The summed E-state index contributed by atoms with van der Waals surface area (Å²) in [6.45, 7) is 4.00. The molecule has 0 radical (unpaired) electrons. The number of hydrogen-bond donors (Lipinski definition) is 2. The van der Waals surface area contributed by atoms with E-state index in [0.717, 1.165) is 0 Å². The Balaban J connectivity index is 0.000000671. The second-order valence-corrected chi connectivity index (χ2v) is 2.20. The summed E-state index contributed by atoms with van der Waals surface area (Å²) in [6.07, 6.45) is 0. The van der Waals surface area contributed by atoms with Crippen molar-refractivity contribution in [3.05, 3.63) is 29.8 Å². The fourth-order valence-electron chi connectivity index (χ4n) is 0.779. The molecular formula is C10H16N2O. The van der Waals surface area contributed by atoms with Gasteiger partial charge in [0.15, 0.2) is 0 Å². The minimum atomic E-state index is -0.0926. The number of benzene rings is 1. The van der Waals surface area contributed by atoms with Crippen molar-refractivity contribution in [1.29, 1.82) is 0 Å². The van der Waals surface area contributed by atoms with E-state index in [1.54, 1.807) is 31.3 Å². The molecule has 0 aromatic heterocycles. The minimum absolute atomic E-state index is 0.0926. The van der Waals surface area contributed by atoms with Gasteiger partial charge in [-0.1, -0.05) is 13.8 Å². The fraction of sp³-hybridized carbons (Fsp3) is 0.300. The Labute approximate surface area is 78.9 Å². The predicted molar refractivity (Wildman–Crippen MR) is 55.6 cm³/mol. The summed E-state index contributed by atoms with van der Waals surface area (Å²) in [5.74, 6) is -0.0926. The van der Waals surface area contributed by atoms with Crippen molar-refractivity contribution >= 4 is 11.6 Å². The number of carbonyl (C=O) groups is 1. The Kier molecular flexibility index (Phi) is 5.35. The smallest absolute Gasteiger partial charge is 0.251 e. The van der Waals surface area contributed by atoms with E-state index in [-0.39, 0.29) is 5.91 Å². The largest absolute Gasteiger partial charge is 0.399 e. The van der Waals surface area contributed by atoms with Crippen LogP contribution in [-0.4, -0.2) is 13.0 Å². The third-order valence-corrected chi connectivity index (χ3v) is 1.40. The van der Waals surface area contributed by atoms with Crippen LogP contribution in [0.5, 0.6) is 0 Å². The molecule has 0 spiro atoms. The lowest BCUT2D eigenvalue weighted by Gasteiger charge is -1.98. The maximum atomic E-state index is 11.0. The summed E-state index contributed by atoms with van der Waals surface area (Å²) < 4.78 is 0. The molecule has 3 heteroatoms. The molecule has 3 N–H and O–H groups in total. The lowest BCUT2D eigenvalue weighted by molar-refractivity contribution is 0.0963. The number of hydrogen-bond acceptors (Lipinski definition) is 2. The van der Waals surface area contributed by atoms with Crippen LogP contribution in [0.2, 0.25) is 0 Å². The molecule has 13 heavy (non-hydrogen) atoms. The van der Waals surface area contributed by atoms with Gasteiger partial charge in [0.25, 0.3) is 5.91 Å². The number of amides is 1. The molecule has 0 aliphatic carbocycles. The van der Waals surface area contributed by atoms with Gasteiger partial charge in [0.2, 0.25) is 0 Å². The highest BCUT2D eigenvalue weighted by Crippen LogP contribution is 2.04. The zero-order chi connectivity index (χ0) is 10.3. The van der Waals surface area contributed by atoms with E-state index in [1.165, 1.54) is 0 Å². The van der Waals surface area contributed by atoms with E-state index >= 15 is 0 Å². The molecule has 1 aromatic carbocycles. The Morgan fingerprint density at radius 3 is 2.08 bits per heavy atom. The zero-order valence-electron chi connectivity index (χ0n) is 8.29. The molecule has 0 fully saturated rings. The SMILES string of the molecule is CC.CNC(=O)c1ccc(N)cc1. The molecule has 3 nitrogen and oxygen atoms in total. The summed E-state index contributed by atoms with van der Waals surface area (Å²) in [6, 6.07) is 6.78. The van der Waals surface area contributed by atoms with Gasteiger partial charge in [-0.3, -0.25) is 4.79 Å². The van der Waals surface area contributed by atoms with Gasteiger partial charge in [-0.2, -0.15) is 0 Å². The van der Waals surface area contributed by atoms with Gasteiger partial charge in [-0.05, 0) is 24.3 Å². The second kappa shape index (κ2) is 6.06. The molecule has 0 aliphatic heterocycles. The van der Waals surface area contributed by atoms with Crippen molar-refractivity contribution in [2.45, 2.75) is 13.8 Å². The minimum Gasteiger partial charge on any atom is -0.399 e. The van der Waals surface area contributed by atoms with Crippen molar-refractivity contribution in [3.8, 4) is 0 Å². The van der Waals surface area contributed by atoms with Gasteiger partial charge >= 0.3 is 0 Å². The van der Waals surface area contributed by atoms with Crippen molar-refractivity contribution in [2.75, 3.05) is 12.8 Å². The highest BCUT2D eigenvalue weighted by atomic mass is 16.1. The van der Waals surface area contributed by atoms with E-state index in [9.17, 15) is 4.79 Å². The van der Waals surface area contributed by atoms with Crippen molar-refractivity contribution in [1.82, 2.24) is 5.32 Å². The zero-order valence-corrected chi connectivity index (χ0v) is 8.29. The normalized spacial score (nSPS) is 8.23. The van der Waals surface area contributed by atoms with Crippen LogP contribution in [-0.2, 0) is 0 Å². The van der Waals surface area contributed by atoms with E-state index in [4.69, 9.17) is 5.73 Å². The Hall–Kier alpha value is -1.51. The molecule has 1 rings (SSSR count). The van der Waals surface area contributed by atoms with Gasteiger partial charge in [0.1, 0.15) is 0 Å². The summed E-state index contributed by atoms with van der Waals surface area (Å²) in [7, 11) is 1.60.